The van der Waals surface area contributed by atoms with E-state index in [0.717, 1.165) is 19.4 Å². The largest absolute Gasteiger partial charge is 0.396 e. The number of ether oxygens (including phenoxy) is 1. The molecule has 1 unspecified atom stereocenters. The molecule has 0 amide bonds. The number of nitrogens with one attached hydrogen (secondary N) is 1. The van der Waals surface area contributed by atoms with E-state index in [4.69, 9.17) is 9.84 Å². The van der Waals surface area contributed by atoms with Crippen LogP contribution >= 0.6 is 0 Å². The van der Waals surface area contributed by atoms with Crippen molar-refractivity contribution < 1.29 is 9.84 Å². The van der Waals surface area contributed by atoms with Gasteiger partial charge in [-0.1, -0.05) is 6.92 Å². The zero-order valence-corrected chi connectivity index (χ0v) is 7.47. The smallest absolute Gasteiger partial charge is 0.0620 e. The second-order valence-corrected chi connectivity index (χ2v) is 2.57. The van der Waals surface area contributed by atoms with Crippen LogP contribution in [-0.4, -0.2) is 38.0 Å². The third-order valence-corrected chi connectivity index (χ3v) is 1.55. The summed E-state index contributed by atoms with van der Waals surface area (Å²) in [5.41, 5.74) is 0. The van der Waals surface area contributed by atoms with Gasteiger partial charge in [0.25, 0.3) is 0 Å². The molecular formula is C8H19NO2. The van der Waals surface area contributed by atoms with Crippen molar-refractivity contribution in [3.63, 3.8) is 0 Å². The highest BCUT2D eigenvalue weighted by atomic mass is 16.5. The number of aliphatic hydroxyl groups excluding tert-OH is 1. The molecule has 0 aromatic carbocycles. The maximum absolute atomic E-state index is 8.63. The number of likely N-dealkylation sites (N-methyl/N-ethyl adjacent to an activating group) is 1. The first-order valence-electron chi connectivity index (χ1n) is 4.21. The average Bonchev–Trinajstić information content (AvgIpc) is 2.03. The Bertz CT molecular complexity index is 78.5. The molecule has 0 fully saturated rings. The van der Waals surface area contributed by atoms with E-state index in [1.165, 1.54) is 0 Å². The minimum Gasteiger partial charge on any atom is -0.396 e. The monoisotopic (exact) mass is 161 g/mol. The van der Waals surface area contributed by atoms with Gasteiger partial charge >= 0.3 is 0 Å². The first-order chi connectivity index (χ1) is 5.35. The lowest BCUT2D eigenvalue weighted by Gasteiger charge is -2.14. The second kappa shape index (κ2) is 7.98. The van der Waals surface area contributed by atoms with Crippen LogP contribution in [-0.2, 0) is 4.74 Å². The van der Waals surface area contributed by atoms with E-state index in [1.54, 1.807) is 0 Å². The summed E-state index contributed by atoms with van der Waals surface area (Å²) in [6.45, 7) is 3.82. The highest BCUT2D eigenvalue weighted by molar-refractivity contribution is 4.61. The fourth-order valence-corrected chi connectivity index (χ4v) is 0.837. The molecule has 11 heavy (non-hydrogen) atoms. The van der Waals surface area contributed by atoms with Gasteiger partial charge in [-0.15, -0.1) is 0 Å². The van der Waals surface area contributed by atoms with Gasteiger partial charge in [-0.3, -0.25) is 0 Å². The van der Waals surface area contributed by atoms with Crippen LogP contribution in [0.25, 0.3) is 0 Å². The number of aliphatic hydroxyl groups is 1. The normalized spacial score (nSPS) is 13.4. The molecule has 0 aromatic rings. The van der Waals surface area contributed by atoms with E-state index in [1.807, 2.05) is 7.05 Å². The lowest BCUT2D eigenvalue weighted by atomic mass is 10.2. The van der Waals surface area contributed by atoms with Crippen molar-refractivity contribution in [1.29, 1.82) is 0 Å². The molecule has 0 rings (SSSR count). The van der Waals surface area contributed by atoms with Crippen LogP contribution in [0, 0.1) is 0 Å². The van der Waals surface area contributed by atoms with Gasteiger partial charge in [-0.05, 0) is 19.9 Å². The van der Waals surface area contributed by atoms with Crippen molar-refractivity contribution in [2.45, 2.75) is 25.8 Å². The molecule has 0 aliphatic rings. The molecular weight excluding hydrogens is 142 g/mol. The molecule has 0 bridgehead atoms. The van der Waals surface area contributed by atoms with Crippen molar-refractivity contribution in [3.8, 4) is 0 Å². The summed E-state index contributed by atoms with van der Waals surface area (Å²) < 4.78 is 5.31. The zero-order chi connectivity index (χ0) is 8.53. The van der Waals surface area contributed by atoms with Gasteiger partial charge in [0.15, 0.2) is 0 Å². The van der Waals surface area contributed by atoms with Crippen molar-refractivity contribution in [3.05, 3.63) is 0 Å². The van der Waals surface area contributed by atoms with Crippen LogP contribution in [0.2, 0.25) is 0 Å². The van der Waals surface area contributed by atoms with E-state index < -0.39 is 0 Å². The summed E-state index contributed by atoms with van der Waals surface area (Å²) in [6, 6.07) is 0.298. The average molecular weight is 161 g/mol. The SMILES string of the molecule is CCCOCC(CCO)NC. The number of hydrogen-bond donors (Lipinski definition) is 2. The molecule has 3 heteroatoms. The first-order valence-corrected chi connectivity index (χ1v) is 4.21. The topological polar surface area (TPSA) is 41.5 Å². The van der Waals surface area contributed by atoms with E-state index >= 15 is 0 Å². The summed E-state index contributed by atoms with van der Waals surface area (Å²) >= 11 is 0. The Labute approximate surface area is 68.8 Å². The molecule has 0 saturated heterocycles. The summed E-state index contributed by atoms with van der Waals surface area (Å²) in [4.78, 5) is 0. The Hall–Kier alpha value is -0.120. The van der Waals surface area contributed by atoms with Gasteiger partial charge < -0.3 is 15.2 Å². The van der Waals surface area contributed by atoms with E-state index in [2.05, 4.69) is 12.2 Å². The molecule has 68 valence electrons. The van der Waals surface area contributed by atoms with Gasteiger partial charge in [0.2, 0.25) is 0 Å². The Morgan fingerprint density at radius 2 is 2.27 bits per heavy atom. The third kappa shape index (κ3) is 6.28. The molecule has 0 aliphatic carbocycles. The maximum atomic E-state index is 8.63. The molecule has 0 saturated carbocycles. The number of rotatable bonds is 7. The lowest BCUT2D eigenvalue weighted by molar-refractivity contribution is 0.104. The van der Waals surface area contributed by atoms with Crippen LogP contribution in [0.3, 0.4) is 0 Å². The summed E-state index contributed by atoms with van der Waals surface area (Å²) in [7, 11) is 1.88. The number of hydrogen-bond acceptors (Lipinski definition) is 3. The minimum absolute atomic E-state index is 0.223. The molecule has 0 spiro atoms. The van der Waals surface area contributed by atoms with Crippen LogP contribution in [0.1, 0.15) is 19.8 Å². The van der Waals surface area contributed by atoms with Gasteiger partial charge in [-0.25, -0.2) is 0 Å². The molecule has 3 nitrogen and oxygen atoms in total. The molecule has 2 N–H and O–H groups in total. The van der Waals surface area contributed by atoms with Crippen molar-refractivity contribution in [2.75, 3.05) is 26.9 Å². The molecule has 1 atom stereocenters. The highest BCUT2D eigenvalue weighted by Gasteiger charge is 2.03. The standard InChI is InChI=1S/C8H19NO2/c1-3-6-11-7-8(9-2)4-5-10/h8-10H,3-7H2,1-2H3. The second-order valence-electron chi connectivity index (χ2n) is 2.57. The predicted molar refractivity (Wildman–Crippen MR) is 45.7 cm³/mol. The van der Waals surface area contributed by atoms with Gasteiger partial charge in [0.1, 0.15) is 0 Å². The Kier molecular flexibility index (Phi) is 7.89. The predicted octanol–water partition coefficient (Wildman–Crippen LogP) is 0.383. The molecule has 0 radical (unpaired) electrons. The molecule has 0 aromatic heterocycles. The Morgan fingerprint density at radius 3 is 2.73 bits per heavy atom. The molecule has 0 heterocycles. The molecule has 0 aliphatic heterocycles. The van der Waals surface area contributed by atoms with Crippen LogP contribution in [0.5, 0.6) is 0 Å². The minimum atomic E-state index is 0.223. The maximum Gasteiger partial charge on any atom is 0.0620 e. The quantitative estimate of drug-likeness (QED) is 0.530. The van der Waals surface area contributed by atoms with Crippen LogP contribution < -0.4 is 5.32 Å². The van der Waals surface area contributed by atoms with Crippen molar-refractivity contribution in [1.82, 2.24) is 5.32 Å². The summed E-state index contributed by atoms with van der Waals surface area (Å²) in [5.74, 6) is 0. The Balaban J connectivity index is 3.20. The highest BCUT2D eigenvalue weighted by Crippen LogP contribution is 1.91. The van der Waals surface area contributed by atoms with E-state index in [9.17, 15) is 0 Å². The van der Waals surface area contributed by atoms with Crippen molar-refractivity contribution >= 4 is 0 Å². The zero-order valence-electron chi connectivity index (χ0n) is 7.47. The fraction of sp³-hybridized carbons (Fsp3) is 1.00. The Morgan fingerprint density at radius 1 is 1.55 bits per heavy atom. The van der Waals surface area contributed by atoms with Crippen LogP contribution in [0.15, 0.2) is 0 Å². The summed E-state index contributed by atoms with van der Waals surface area (Å²) in [5, 5.41) is 11.7. The van der Waals surface area contributed by atoms with Gasteiger partial charge in [0, 0.05) is 19.3 Å². The first kappa shape index (κ1) is 10.9. The fourth-order valence-electron chi connectivity index (χ4n) is 0.837. The van der Waals surface area contributed by atoms with Crippen molar-refractivity contribution in [2.24, 2.45) is 0 Å². The third-order valence-electron chi connectivity index (χ3n) is 1.55. The summed E-state index contributed by atoms with van der Waals surface area (Å²) in [6.07, 6.45) is 1.82. The van der Waals surface area contributed by atoms with E-state index in [0.29, 0.717) is 12.6 Å². The van der Waals surface area contributed by atoms with Gasteiger partial charge in [-0.2, -0.15) is 0 Å². The van der Waals surface area contributed by atoms with E-state index in [-0.39, 0.29) is 6.61 Å². The van der Waals surface area contributed by atoms with Crippen LogP contribution in [0.4, 0.5) is 0 Å². The van der Waals surface area contributed by atoms with Gasteiger partial charge in [0.05, 0.1) is 6.61 Å². The lowest BCUT2D eigenvalue weighted by Crippen LogP contribution is -2.31.